The monoisotopic (exact) mass is 417 g/mol. The lowest BCUT2D eigenvalue weighted by Gasteiger charge is -2.32. The van der Waals surface area contributed by atoms with E-state index in [1.807, 2.05) is 0 Å². The van der Waals surface area contributed by atoms with E-state index >= 15 is 0 Å². The molecule has 1 N–H and O–H groups in total. The molecule has 0 aromatic heterocycles. The number of likely N-dealkylation sites (tertiary alicyclic amines) is 1. The predicted octanol–water partition coefficient (Wildman–Crippen LogP) is 2.78. The number of carbonyl (C=O) groups is 1. The van der Waals surface area contributed by atoms with Crippen LogP contribution in [0.25, 0.3) is 0 Å². The molecular formula is C19H28FNO6S. The molecule has 2 rings (SSSR count). The number of nitrogens with zero attached hydrogens (tertiary/aromatic N) is 1. The third-order valence-corrected chi connectivity index (χ3v) is 4.98. The summed E-state index contributed by atoms with van der Waals surface area (Å²) in [6.45, 7) is 5.61. The van der Waals surface area contributed by atoms with Crippen LogP contribution in [0.5, 0.6) is 0 Å². The smallest absolute Gasteiger partial charge is 0.410 e. The Labute approximate surface area is 165 Å². The molecule has 0 radical (unpaired) electrons. The van der Waals surface area contributed by atoms with Crippen LogP contribution in [0, 0.1) is 5.82 Å². The van der Waals surface area contributed by atoms with Crippen molar-refractivity contribution < 1.29 is 31.6 Å². The standard InChI is InChI=1S/C19H28FNO6S/c1-19(2,3)27-18(23)21-10-5-6-16(21)17(22)15-8-7-14(20)12-13(15)9-11-26-28(4,24)25/h7-8,12,16-17,22H,5-6,9-11H2,1-4H3. The minimum atomic E-state index is -3.62. The van der Waals surface area contributed by atoms with Gasteiger partial charge in [0.1, 0.15) is 11.4 Å². The molecule has 1 saturated heterocycles. The zero-order chi connectivity index (χ0) is 21.1. The Morgan fingerprint density at radius 2 is 2.07 bits per heavy atom. The van der Waals surface area contributed by atoms with E-state index in [1.165, 1.54) is 23.1 Å². The van der Waals surface area contributed by atoms with Gasteiger partial charge in [0.05, 0.1) is 25.0 Å². The number of benzene rings is 1. The molecule has 0 spiro atoms. The minimum absolute atomic E-state index is 0.108. The van der Waals surface area contributed by atoms with Gasteiger partial charge < -0.3 is 14.7 Å². The molecule has 7 nitrogen and oxygen atoms in total. The third kappa shape index (κ3) is 6.42. The molecule has 1 aromatic rings. The Bertz CT molecular complexity index is 805. The summed E-state index contributed by atoms with van der Waals surface area (Å²) in [5.41, 5.74) is 0.227. The van der Waals surface area contributed by atoms with Crippen LogP contribution in [0.3, 0.4) is 0 Å². The molecule has 1 heterocycles. The predicted molar refractivity (Wildman–Crippen MR) is 102 cm³/mol. The van der Waals surface area contributed by atoms with E-state index in [0.717, 1.165) is 6.26 Å². The first-order valence-corrected chi connectivity index (χ1v) is 11.0. The van der Waals surface area contributed by atoms with E-state index in [4.69, 9.17) is 8.92 Å². The molecule has 1 aliphatic heterocycles. The van der Waals surface area contributed by atoms with Crippen LogP contribution in [-0.2, 0) is 25.5 Å². The highest BCUT2D eigenvalue weighted by atomic mass is 32.2. The number of carbonyl (C=O) groups excluding carboxylic acids is 1. The largest absolute Gasteiger partial charge is 0.444 e. The van der Waals surface area contributed by atoms with Gasteiger partial charge in [-0.25, -0.2) is 9.18 Å². The van der Waals surface area contributed by atoms with E-state index in [9.17, 15) is 22.7 Å². The molecule has 0 saturated carbocycles. The molecule has 1 aromatic carbocycles. The average molecular weight is 417 g/mol. The Kier molecular flexibility index (Phi) is 7.06. The number of aliphatic hydroxyl groups is 1. The fourth-order valence-corrected chi connectivity index (χ4v) is 3.64. The fourth-order valence-electron chi connectivity index (χ4n) is 3.26. The lowest BCUT2D eigenvalue weighted by atomic mass is 9.94. The topological polar surface area (TPSA) is 93.1 Å². The highest BCUT2D eigenvalue weighted by Crippen LogP contribution is 2.32. The van der Waals surface area contributed by atoms with Gasteiger partial charge in [0.15, 0.2) is 0 Å². The summed E-state index contributed by atoms with van der Waals surface area (Å²) >= 11 is 0. The number of amides is 1. The van der Waals surface area contributed by atoms with Crippen molar-refractivity contribution in [1.82, 2.24) is 4.90 Å². The maximum absolute atomic E-state index is 13.7. The summed E-state index contributed by atoms with van der Waals surface area (Å²) in [5.74, 6) is -0.499. The van der Waals surface area contributed by atoms with E-state index in [-0.39, 0.29) is 13.0 Å². The van der Waals surface area contributed by atoms with Crippen molar-refractivity contribution in [3.63, 3.8) is 0 Å². The molecule has 1 amide bonds. The molecule has 2 unspecified atom stereocenters. The van der Waals surface area contributed by atoms with Crippen LogP contribution in [-0.4, -0.2) is 55.6 Å². The van der Waals surface area contributed by atoms with E-state index < -0.39 is 39.8 Å². The van der Waals surface area contributed by atoms with Crippen molar-refractivity contribution in [1.29, 1.82) is 0 Å². The van der Waals surface area contributed by atoms with Crippen LogP contribution < -0.4 is 0 Å². The average Bonchev–Trinajstić information content (AvgIpc) is 3.01. The normalized spacial score (nSPS) is 18.9. The Balaban J connectivity index is 2.20. The molecule has 0 bridgehead atoms. The lowest BCUT2D eigenvalue weighted by molar-refractivity contribution is 0.00471. The Morgan fingerprint density at radius 3 is 2.68 bits per heavy atom. The van der Waals surface area contributed by atoms with Crippen LogP contribution >= 0.6 is 0 Å². The van der Waals surface area contributed by atoms with Gasteiger partial charge >= 0.3 is 6.09 Å². The summed E-state index contributed by atoms with van der Waals surface area (Å²) in [6, 6.07) is 3.43. The number of rotatable bonds is 6. The second kappa shape index (κ2) is 8.75. The molecule has 9 heteroatoms. The van der Waals surface area contributed by atoms with E-state index in [0.29, 0.717) is 30.5 Å². The number of aliphatic hydroxyl groups excluding tert-OH is 1. The highest BCUT2D eigenvalue weighted by molar-refractivity contribution is 7.85. The van der Waals surface area contributed by atoms with Crippen LogP contribution in [0.2, 0.25) is 0 Å². The van der Waals surface area contributed by atoms with E-state index in [1.54, 1.807) is 20.8 Å². The lowest BCUT2D eigenvalue weighted by Crippen LogP contribution is -2.42. The van der Waals surface area contributed by atoms with Crippen molar-refractivity contribution in [2.24, 2.45) is 0 Å². The number of ether oxygens (including phenoxy) is 1. The molecule has 28 heavy (non-hydrogen) atoms. The second-order valence-electron chi connectivity index (χ2n) is 7.95. The van der Waals surface area contributed by atoms with Gasteiger partial charge in [0.25, 0.3) is 10.1 Å². The van der Waals surface area contributed by atoms with Gasteiger partial charge in [-0.3, -0.25) is 4.18 Å². The van der Waals surface area contributed by atoms with Crippen LogP contribution in [0.15, 0.2) is 18.2 Å². The van der Waals surface area contributed by atoms with E-state index in [2.05, 4.69) is 0 Å². The molecule has 2 atom stereocenters. The van der Waals surface area contributed by atoms with Gasteiger partial charge in [0, 0.05) is 6.54 Å². The quantitative estimate of drug-likeness (QED) is 0.716. The maximum atomic E-state index is 13.7. The van der Waals surface area contributed by atoms with Gasteiger partial charge in [-0.1, -0.05) is 6.07 Å². The van der Waals surface area contributed by atoms with Crippen molar-refractivity contribution in [2.45, 2.75) is 57.8 Å². The minimum Gasteiger partial charge on any atom is -0.444 e. The zero-order valence-electron chi connectivity index (χ0n) is 16.6. The first-order valence-electron chi connectivity index (χ1n) is 9.18. The Morgan fingerprint density at radius 1 is 1.39 bits per heavy atom. The second-order valence-corrected chi connectivity index (χ2v) is 9.59. The van der Waals surface area contributed by atoms with Gasteiger partial charge in [-0.15, -0.1) is 0 Å². The number of halogens is 1. The SMILES string of the molecule is CC(C)(C)OC(=O)N1CCCC1C(O)c1ccc(F)cc1CCOS(C)(=O)=O. The van der Waals surface area contributed by atoms with Crippen LogP contribution in [0.4, 0.5) is 9.18 Å². The maximum Gasteiger partial charge on any atom is 0.410 e. The van der Waals surface area contributed by atoms with Gasteiger partial charge in [0.2, 0.25) is 0 Å². The first-order chi connectivity index (χ1) is 12.9. The van der Waals surface area contributed by atoms with Crippen molar-refractivity contribution in [3.8, 4) is 0 Å². The van der Waals surface area contributed by atoms with Crippen LogP contribution in [0.1, 0.15) is 50.8 Å². The highest BCUT2D eigenvalue weighted by Gasteiger charge is 2.37. The van der Waals surface area contributed by atoms with Crippen molar-refractivity contribution in [2.75, 3.05) is 19.4 Å². The third-order valence-electron chi connectivity index (χ3n) is 4.38. The summed E-state index contributed by atoms with van der Waals surface area (Å²) in [5, 5.41) is 10.9. The van der Waals surface area contributed by atoms with Gasteiger partial charge in [-0.05, 0) is 63.3 Å². The van der Waals surface area contributed by atoms with Gasteiger partial charge in [-0.2, -0.15) is 8.42 Å². The number of hydrogen-bond acceptors (Lipinski definition) is 6. The molecule has 158 valence electrons. The first kappa shape index (κ1) is 22.6. The fraction of sp³-hybridized carbons (Fsp3) is 0.632. The van der Waals surface area contributed by atoms with Crippen molar-refractivity contribution in [3.05, 3.63) is 35.1 Å². The molecule has 1 aliphatic rings. The summed E-state index contributed by atoms with van der Waals surface area (Å²) < 4.78 is 46.2. The Hall–Kier alpha value is -1.71. The summed E-state index contributed by atoms with van der Waals surface area (Å²) in [7, 11) is -3.62. The molecule has 1 fully saturated rings. The molecular weight excluding hydrogens is 389 g/mol. The summed E-state index contributed by atoms with van der Waals surface area (Å²) in [4.78, 5) is 14.0. The zero-order valence-corrected chi connectivity index (χ0v) is 17.5. The van der Waals surface area contributed by atoms with Crippen molar-refractivity contribution >= 4 is 16.2 Å². The summed E-state index contributed by atoms with van der Waals surface area (Å²) in [6.07, 6.45) is 0.787. The molecule has 0 aliphatic carbocycles. The number of hydrogen-bond donors (Lipinski definition) is 1.